The van der Waals surface area contributed by atoms with Crippen molar-refractivity contribution >= 4 is 37.7 Å². The molecular weight excluding hydrogens is 516 g/mol. The summed E-state index contributed by atoms with van der Waals surface area (Å²) in [5, 5.41) is 16.0. The fourth-order valence-corrected chi connectivity index (χ4v) is 5.97. The van der Waals surface area contributed by atoms with Crippen LogP contribution in [0.25, 0.3) is 33.1 Å². The SMILES string of the molecule is Cc1cc2ccc(Cn3cc(-c4cc(Br)cc5c4cnn5C4CCCCO4)nn3)cc2n1C(C)(C)C. The van der Waals surface area contributed by atoms with Gasteiger partial charge in [-0.1, -0.05) is 33.3 Å². The molecule has 0 N–H and O–H groups in total. The minimum atomic E-state index is -0.0142. The lowest BCUT2D eigenvalue weighted by atomic mass is 10.1. The van der Waals surface area contributed by atoms with Gasteiger partial charge in [-0.2, -0.15) is 5.10 Å². The van der Waals surface area contributed by atoms with E-state index in [0.717, 1.165) is 52.5 Å². The van der Waals surface area contributed by atoms with Gasteiger partial charge >= 0.3 is 0 Å². The molecule has 8 heteroatoms. The van der Waals surface area contributed by atoms with Crippen molar-refractivity contribution in [1.82, 2.24) is 29.3 Å². The molecule has 6 rings (SSSR count). The van der Waals surface area contributed by atoms with Crippen molar-refractivity contribution < 1.29 is 4.74 Å². The average Bonchev–Trinajstić information content (AvgIpc) is 3.55. The van der Waals surface area contributed by atoms with Crippen LogP contribution in [0.4, 0.5) is 0 Å². The van der Waals surface area contributed by atoms with Crippen LogP contribution in [0.15, 0.2) is 53.3 Å². The summed E-state index contributed by atoms with van der Waals surface area (Å²) in [7, 11) is 0. The Morgan fingerprint density at radius 1 is 1.08 bits per heavy atom. The van der Waals surface area contributed by atoms with Crippen molar-refractivity contribution in [2.24, 2.45) is 0 Å². The van der Waals surface area contributed by atoms with Crippen LogP contribution in [0.2, 0.25) is 0 Å². The van der Waals surface area contributed by atoms with Crippen molar-refractivity contribution in [3.05, 3.63) is 64.5 Å². The molecule has 0 spiro atoms. The van der Waals surface area contributed by atoms with Gasteiger partial charge in [-0.15, -0.1) is 5.10 Å². The monoisotopic (exact) mass is 546 g/mol. The zero-order chi connectivity index (χ0) is 25.0. The minimum absolute atomic E-state index is 0.0142. The van der Waals surface area contributed by atoms with E-state index in [-0.39, 0.29) is 11.8 Å². The molecule has 0 saturated carbocycles. The lowest BCUT2D eigenvalue weighted by molar-refractivity contribution is -0.0366. The molecule has 2 aromatic carbocycles. The second-order valence-electron chi connectivity index (χ2n) is 10.8. The molecule has 4 heterocycles. The Kier molecular flexibility index (Phi) is 5.76. The van der Waals surface area contributed by atoms with E-state index >= 15 is 0 Å². The van der Waals surface area contributed by atoms with Gasteiger partial charge in [0.05, 0.1) is 24.5 Å². The van der Waals surface area contributed by atoms with Crippen LogP contribution in [-0.2, 0) is 16.8 Å². The number of ether oxygens (including phenoxy) is 1. The Morgan fingerprint density at radius 2 is 1.94 bits per heavy atom. The summed E-state index contributed by atoms with van der Waals surface area (Å²) >= 11 is 3.69. The summed E-state index contributed by atoms with van der Waals surface area (Å²) in [4.78, 5) is 0. The number of rotatable bonds is 4. The Balaban J connectivity index is 1.33. The van der Waals surface area contributed by atoms with E-state index in [2.05, 4.69) is 94.9 Å². The van der Waals surface area contributed by atoms with Gasteiger partial charge in [-0.05, 0) is 82.2 Å². The molecule has 7 nitrogen and oxygen atoms in total. The van der Waals surface area contributed by atoms with Gasteiger partial charge in [0.1, 0.15) is 5.69 Å². The highest BCUT2D eigenvalue weighted by Crippen LogP contribution is 2.34. The highest BCUT2D eigenvalue weighted by molar-refractivity contribution is 9.10. The van der Waals surface area contributed by atoms with Crippen molar-refractivity contribution in [3.8, 4) is 11.3 Å². The number of aromatic nitrogens is 6. The quantitative estimate of drug-likeness (QED) is 0.248. The maximum absolute atomic E-state index is 6.00. The van der Waals surface area contributed by atoms with Crippen LogP contribution < -0.4 is 0 Å². The largest absolute Gasteiger partial charge is 0.356 e. The molecule has 1 atom stereocenters. The molecule has 1 unspecified atom stereocenters. The summed E-state index contributed by atoms with van der Waals surface area (Å²) in [5.74, 6) is 0. The first kappa shape index (κ1) is 23.4. The molecule has 0 aliphatic carbocycles. The molecule has 0 bridgehead atoms. The normalized spacial score (nSPS) is 16.9. The molecule has 1 aliphatic rings. The predicted octanol–water partition coefficient (Wildman–Crippen LogP) is 6.82. The van der Waals surface area contributed by atoms with Crippen molar-refractivity contribution in [2.75, 3.05) is 6.61 Å². The van der Waals surface area contributed by atoms with Gasteiger partial charge in [0.15, 0.2) is 6.23 Å². The van der Waals surface area contributed by atoms with Crippen molar-refractivity contribution in [3.63, 3.8) is 0 Å². The van der Waals surface area contributed by atoms with E-state index in [1.807, 2.05) is 21.8 Å². The molecule has 5 aromatic rings. The third-order valence-corrected chi connectivity index (χ3v) is 7.45. The van der Waals surface area contributed by atoms with Crippen LogP contribution in [0.1, 0.15) is 57.5 Å². The zero-order valence-electron chi connectivity index (χ0n) is 21.2. The number of aryl methyl sites for hydroxylation is 1. The number of hydrogen-bond donors (Lipinski definition) is 0. The number of benzene rings is 2. The van der Waals surface area contributed by atoms with Crippen LogP contribution in [0, 0.1) is 6.92 Å². The van der Waals surface area contributed by atoms with Gasteiger partial charge in [-0.25, -0.2) is 9.36 Å². The van der Waals surface area contributed by atoms with Gasteiger partial charge in [-0.3, -0.25) is 0 Å². The topological polar surface area (TPSA) is 62.7 Å². The standard InChI is InChI=1S/C28H31BrN6O/c1-18-11-20-9-8-19(12-25(20)34(18)28(2,3)4)16-33-17-24(31-32-33)22-13-21(29)14-26-23(22)15-30-35(26)27-7-5-6-10-36-27/h8-9,11-15,17,27H,5-7,10,16H2,1-4H3. The Morgan fingerprint density at radius 3 is 2.72 bits per heavy atom. The summed E-state index contributed by atoms with van der Waals surface area (Å²) in [6.45, 7) is 10.4. The first-order valence-corrected chi connectivity index (χ1v) is 13.4. The number of fused-ring (bicyclic) bond motifs is 2. The highest BCUT2D eigenvalue weighted by atomic mass is 79.9. The van der Waals surface area contributed by atoms with Gasteiger partial charge < -0.3 is 9.30 Å². The summed E-state index contributed by atoms with van der Waals surface area (Å²) in [5.41, 5.74) is 6.64. The summed E-state index contributed by atoms with van der Waals surface area (Å²) in [6.07, 6.45) is 7.19. The molecule has 186 valence electrons. The first-order chi connectivity index (χ1) is 17.3. The minimum Gasteiger partial charge on any atom is -0.356 e. The molecule has 0 radical (unpaired) electrons. The van der Waals surface area contributed by atoms with E-state index in [0.29, 0.717) is 6.54 Å². The molecule has 1 saturated heterocycles. The Bertz CT molecular complexity index is 1560. The molecule has 36 heavy (non-hydrogen) atoms. The lowest BCUT2D eigenvalue weighted by Crippen LogP contribution is -2.22. The van der Waals surface area contributed by atoms with Crippen LogP contribution in [0.3, 0.4) is 0 Å². The maximum Gasteiger partial charge on any atom is 0.150 e. The predicted molar refractivity (Wildman–Crippen MR) is 146 cm³/mol. The molecule has 1 fully saturated rings. The fraction of sp³-hybridized carbons (Fsp3) is 0.393. The number of nitrogens with zero attached hydrogens (tertiary/aromatic N) is 6. The second-order valence-corrected chi connectivity index (χ2v) is 11.7. The van der Waals surface area contributed by atoms with E-state index in [4.69, 9.17) is 9.84 Å². The van der Waals surface area contributed by atoms with Gasteiger partial charge in [0.25, 0.3) is 0 Å². The van der Waals surface area contributed by atoms with Crippen LogP contribution in [0.5, 0.6) is 0 Å². The van der Waals surface area contributed by atoms with Gasteiger partial charge in [0.2, 0.25) is 0 Å². The van der Waals surface area contributed by atoms with E-state index in [1.54, 1.807) is 0 Å². The molecule has 0 amide bonds. The van der Waals surface area contributed by atoms with E-state index < -0.39 is 0 Å². The zero-order valence-corrected chi connectivity index (χ0v) is 22.8. The second kappa shape index (κ2) is 8.85. The molecule has 1 aliphatic heterocycles. The van der Waals surface area contributed by atoms with Gasteiger partial charge in [0, 0.05) is 38.8 Å². The Hall–Kier alpha value is -2.97. The smallest absolute Gasteiger partial charge is 0.150 e. The maximum atomic E-state index is 6.00. The third kappa shape index (κ3) is 4.16. The summed E-state index contributed by atoms with van der Waals surface area (Å²) < 4.78 is 13.3. The van der Waals surface area contributed by atoms with E-state index in [9.17, 15) is 0 Å². The summed E-state index contributed by atoms with van der Waals surface area (Å²) in [6, 6.07) is 13.1. The third-order valence-electron chi connectivity index (χ3n) is 6.99. The molecule has 3 aromatic heterocycles. The highest BCUT2D eigenvalue weighted by Gasteiger charge is 2.21. The van der Waals surface area contributed by atoms with Crippen molar-refractivity contribution in [2.45, 2.75) is 65.3 Å². The van der Waals surface area contributed by atoms with Crippen LogP contribution in [-0.4, -0.2) is 35.9 Å². The van der Waals surface area contributed by atoms with E-state index in [1.165, 1.54) is 22.2 Å². The Labute approximate surface area is 219 Å². The fourth-order valence-electron chi connectivity index (χ4n) is 5.53. The first-order valence-electron chi connectivity index (χ1n) is 12.6. The number of halogens is 1. The average molecular weight is 548 g/mol. The molecular formula is C28H31BrN6O. The lowest BCUT2D eigenvalue weighted by Gasteiger charge is -2.25. The number of hydrogen-bond acceptors (Lipinski definition) is 4. The van der Waals surface area contributed by atoms with Crippen molar-refractivity contribution in [1.29, 1.82) is 0 Å². The van der Waals surface area contributed by atoms with Crippen LogP contribution >= 0.6 is 15.9 Å².